The van der Waals surface area contributed by atoms with Gasteiger partial charge in [0, 0.05) is 56.9 Å². The topological polar surface area (TPSA) is 99.4 Å². The molecule has 0 fully saturated rings. The lowest BCUT2D eigenvalue weighted by molar-refractivity contribution is 0.668. The van der Waals surface area contributed by atoms with E-state index >= 15 is 0 Å². The van der Waals surface area contributed by atoms with Crippen LogP contribution in [0.15, 0.2) is 108 Å². The van der Waals surface area contributed by atoms with Gasteiger partial charge in [-0.2, -0.15) is 10.5 Å². The second-order valence-electron chi connectivity index (χ2n) is 11.4. The van der Waals surface area contributed by atoms with Crippen LogP contribution in [0.2, 0.25) is 0 Å². The summed E-state index contributed by atoms with van der Waals surface area (Å²) in [6.45, 7) is 0. The lowest BCUT2D eigenvalue weighted by atomic mass is 10.0. The lowest BCUT2D eigenvalue weighted by Crippen LogP contribution is -2.01. The highest BCUT2D eigenvalue weighted by atomic mass is 32.1. The molecule has 47 heavy (non-hydrogen) atoms. The minimum Gasteiger partial charge on any atom is -0.455 e. The Morgan fingerprint density at radius 2 is 1.17 bits per heavy atom. The van der Waals surface area contributed by atoms with Crippen molar-refractivity contribution >= 4 is 85.0 Å². The molecule has 0 saturated carbocycles. The molecule has 0 spiro atoms. The zero-order chi connectivity index (χ0) is 31.2. The Labute approximate surface area is 274 Å². The molecule has 4 heterocycles. The Kier molecular flexibility index (Phi) is 5.35. The second-order valence-corrected chi connectivity index (χ2v) is 13.6. The zero-order valence-corrected chi connectivity index (χ0v) is 25.9. The summed E-state index contributed by atoms with van der Waals surface area (Å²) in [5.74, 6) is 1.26. The Morgan fingerprint density at radius 3 is 1.96 bits per heavy atom. The van der Waals surface area contributed by atoms with E-state index in [0.717, 1.165) is 43.0 Å². The first kappa shape index (κ1) is 26.1. The van der Waals surface area contributed by atoms with E-state index in [1.165, 1.54) is 24.9 Å². The maximum absolute atomic E-state index is 9.96. The summed E-state index contributed by atoms with van der Waals surface area (Å²) >= 11 is 3.55. The van der Waals surface area contributed by atoms with Crippen LogP contribution in [-0.4, -0.2) is 15.0 Å². The summed E-state index contributed by atoms with van der Waals surface area (Å²) in [6.07, 6.45) is 0. The SMILES string of the molecule is N#Cc1ccc(-c2nc(-c3ccccc3C#N)nc(-c3ccc4sc5ccc6sc7cc8ccccc8c8oc3c4c5c6c78)n2)cc1. The Morgan fingerprint density at radius 1 is 0.532 bits per heavy atom. The van der Waals surface area contributed by atoms with Crippen LogP contribution in [0.1, 0.15) is 11.1 Å². The van der Waals surface area contributed by atoms with Gasteiger partial charge in [0.2, 0.25) is 0 Å². The van der Waals surface area contributed by atoms with Crippen molar-refractivity contribution in [3.05, 3.63) is 114 Å². The second kappa shape index (κ2) is 9.65. The monoisotopic (exact) mass is 635 g/mol. The van der Waals surface area contributed by atoms with Gasteiger partial charge in [-0.3, -0.25) is 0 Å². The third-order valence-corrected chi connectivity index (χ3v) is 11.0. The largest absolute Gasteiger partial charge is 0.455 e. The van der Waals surface area contributed by atoms with E-state index < -0.39 is 0 Å². The third-order valence-electron chi connectivity index (χ3n) is 8.79. The number of nitrogens with zero attached hydrogens (tertiary/aromatic N) is 5. The van der Waals surface area contributed by atoms with E-state index in [1.54, 1.807) is 40.9 Å². The van der Waals surface area contributed by atoms with Crippen LogP contribution in [-0.2, 0) is 0 Å². The number of hydrogen-bond acceptors (Lipinski definition) is 8. The standard InChI is InChI=1S/C39H17N5OS2/c40-18-20-9-11-21(12-10-20)37-42-38(25-8-4-2-6-23(25)19-41)44-39(43-37)26-13-14-29-33-31-27(46-29)15-16-28-32(31)34-30(47-28)17-22-5-1-3-7-24(22)35(34)45-36(26)33/h1-17H. The summed E-state index contributed by atoms with van der Waals surface area (Å²) in [5, 5.41) is 26.1. The van der Waals surface area contributed by atoms with Gasteiger partial charge in [0.05, 0.1) is 28.8 Å². The zero-order valence-electron chi connectivity index (χ0n) is 24.3. The van der Waals surface area contributed by atoms with Crippen LogP contribution in [0, 0.1) is 22.7 Å². The van der Waals surface area contributed by atoms with E-state index in [4.69, 9.17) is 19.4 Å². The van der Waals surface area contributed by atoms with Crippen LogP contribution in [0.5, 0.6) is 0 Å². The third kappa shape index (κ3) is 3.71. The average Bonchev–Trinajstić information content (AvgIpc) is 3.64. The molecule has 216 valence electrons. The highest BCUT2D eigenvalue weighted by Gasteiger charge is 2.24. The molecule has 0 aliphatic rings. The van der Waals surface area contributed by atoms with Gasteiger partial charge in [-0.25, -0.2) is 15.0 Å². The van der Waals surface area contributed by atoms with Crippen molar-refractivity contribution in [3.8, 4) is 46.3 Å². The van der Waals surface area contributed by atoms with Crippen LogP contribution in [0.3, 0.4) is 0 Å². The van der Waals surface area contributed by atoms with Gasteiger partial charge >= 0.3 is 0 Å². The quantitative estimate of drug-likeness (QED) is 0.191. The molecule has 10 aromatic rings. The molecule has 4 aromatic heterocycles. The minimum atomic E-state index is 0.385. The summed E-state index contributed by atoms with van der Waals surface area (Å²) in [4.78, 5) is 14.9. The highest BCUT2D eigenvalue weighted by molar-refractivity contribution is 7.28. The molecule has 0 aliphatic carbocycles. The van der Waals surface area contributed by atoms with Crippen molar-refractivity contribution < 1.29 is 4.42 Å². The van der Waals surface area contributed by atoms with Crippen molar-refractivity contribution in [2.45, 2.75) is 0 Å². The predicted molar refractivity (Wildman–Crippen MR) is 190 cm³/mol. The van der Waals surface area contributed by atoms with Crippen molar-refractivity contribution in [3.63, 3.8) is 0 Å². The molecule has 0 bridgehead atoms. The fourth-order valence-electron chi connectivity index (χ4n) is 6.67. The molecule has 6 nitrogen and oxygen atoms in total. The highest BCUT2D eigenvalue weighted by Crippen LogP contribution is 2.51. The predicted octanol–water partition coefficient (Wildman–Crippen LogP) is 10.7. The Hall–Kier alpha value is -6.19. The molecule has 10 rings (SSSR count). The van der Waals surface area contributed by atoms with Gasteiger partial charge in [0.25, 0.3) is 0 Å². The van der Waals surface area contributed by atoms with Gasteiger partial charge in [-0.15, -0.1) is 22.7 Å². The van der Waals surface area contributed by atoms with Crippen molar-refractivity contribution in [2.24, 2.45) is 0 Å². The first-order valence-corrected chi connectivity index (χ1v) is 16.5. The smallest absolute Gasteiger partial charge is 0.167 e. The van der Waals surface area contributed by atoms with Crippen molar-refractivity contribution in [1.82, 2.24) is 15.0 Å². The number of rotatable bonds is 3. The molecule has 8 heteroatoms. The van der Waals surface area contributed by atoms with Crippen molar-refractivity contribution in [2.75, 3.05) is 0 Å². The normalized spacial score (nSPS) is 11.8. The molecule has 0 N–H and O–H groups in total. The molecule has 0 amide bonds. The van der Waals surface area contributed by atoms with E-state index in [9.17, 15) is 10.5 Å². The maximum Gasteiger partial charge on any atom is 0.167 e. The van der Waals surface area contributed by atoms with Crippen LogP contribution in [0.25, 0.3) is 96.4 Å². The Bertz CT molecular complexity index is 2990. The van der Waals surface area contributed by atoms with Gasteiger partial charge < -0.3 is 4.42 Å². The van der Waals surface area contributed by atoms with Crippen LogP contribution in [0.4, 0.5) is 0 Å². The molecule has 0 saturated heterocycles. The number of thiophene rings is 2. The molecule has 0 aliphatic heterocycles. The number of benzene rings is 6. The summed E-state index contributed by atoms with van der Waals surface area (Å²) in [6, 6.07) is 38.2. The summed E-state index contributed by atoms with van der Waals surface area (Å²) in [7, 11) is 0. The van der Waals surface area contributed by atoms with Gasteiger partial charge in [-0.05, 0) is 72.1 Å². The average molecular weight is 636 g/mol. The number of nitriles is 2. The van der Waals surface area contributed by atoms with Gasteiger partial charge in [0.15, 0.2) is 17.5 Å². The van der Waals surface area contributed by atoms with E-state index in [0.29, 0.717) is 39.7 Å². The summed E-state index contributed by atoms with van der Waals surface area (Å²) < 4.78 is 11.9. The van der Waals surface area contributed by atoms with Gasteiger partial charge in [-0.1, -0.05) is 36.4 Å². The molecule has 0 unspecified atom stereocenters. The maximum atomic E-state index is 9.96. The van der Waals surface area contributed by atoms with E-state index in [1.807, 2.05) is 36.4 Å². The fourth-order valence-corrected chi connectivity index (χ4v) is 8.94. The summed E-state index contributed by atoms with van der Waals surface area (Å²) in [5.41, 5.74) is 4.63. The molecular formula is C39H17N5OS2. The minimum absolute atomic E-state index is 0.385. The number of aromatic nitrogens is 3. The first-order chi connectivity index (χ1) is 23.2. The first-order valence-electron chi connectivity index (χ1n) is 14.9. The van der Waals surface area contributed by atoms with E-state index in [2.05, 4.69) is 60.7 Å². The van der Waals surface area contributed by atoms with Gasteiger partial charge in [0.1, 0.15) is 11.2 Å². The van der Waals surface area contributed by atoms with Crippen molar-refractivity contribution in [1.29, 1.82) is 10.5 Å². The molecule has 6 aromatic carbocycles. The van der Waals surface area contributed by atoms with Crippen LogP contribution >= 0.6 is 22.7 Å². The number of hydrogen-bond donors (Lipinski definition) is 0. The molecule has 0 atom stereocenters. The van der Waals surface area contributed by atoms with E-state index in [-0.39, 0.29) is 0 Å². The fraction of sp³-hybridized carbons (Fsp3) is 0. The Balaban J connectivity index is 1.36. The lowest BCUT2D eigenvalue weighted by Gasteiger charge is -2.10. The molecular weight excluding hydrogens is 619 g/mol. The number of fused-ring (bicyclic) bond motifs is 2. The van der Waals surface area contributed by atoms with Crippen LogP contribution < -0.4 is 0 Å². The molecule has 0 radical (unpaired) electrons.